The fraction of sp³-hybridized carbons (Fsp3) is 0.647. The van der Waals surface area contributed by atoms with Crippen molar-refractivity contribution in [2.45, 2.75) is 63.7 Å². The van der Waals surface area contributed by atoms with Crippen LogP contribution in [0.25, 0.3) is 0 Å². The third-order valence-electron chi connectivity index (χ3n) is 4.51. The Labute approximate surface area is 152 Å². The molecule has 2 aromatic heterocycles. The summed E-state index contributed by atoms with van der Waals surface area (Å²) in [5.41, 5.74) is 0.0249. The SMILES string of the molecule is CSc1ccnc(NC2CCc3nn(CCC(C)C)c(=O)n3CC2)n1. The number of hydrogen-bond donors (Lipinski definition) is 1. The van der Waals surface area contributed by atoms with Gasteiger partial charge in [-0.25, -0.2) is 19.4 Å². The predicted molar refractivity (Wildman–Crippen MR) is 100 cm³/mol. The lowest BCUT2D eigenvalue weighted by Gasteiger charge is -2.16. The second-order valence-corrected chi connectivity index (χ2v) is 7.67. The van der Waals surface area contributed by atoms with Gasteiger partial charge in [-0.05, 0) is 37.5 Å². The first-order valence-corrected chi connectivity index (χ1v) is 10.1. The summed E-state index contributed by atoms with van der Waals surface area (Å²) < 4.78 is 3.47. The van der Waals surface area contributed by atoms with Crippen LogP contribution in [0.2, 0.25) is 0 Å². The molecule has 0 amide bonds. The van der Waals surface area contributed by atoms with E-state index < -0.39 is 0 Å². The minimum absolute atomic E-state index is 0.0249. The summed E-state index contributed by atoms with van der Waals surface area (Å²) in [5, 5.41) is 8.92. The maximum Gasteiger partial charge on any atom is 0.345 e. The molecular formula is C17H26N6OS. The molecule has 1 N–H and O–H groups in total. The van der Waals surface area contributed by atoms with E-state index in [4.69, 9.17) is 0 Å². The average Bonchev–Trinajstić information content (AvgIpc) is 2.77. The molecule has 0 saturated heterocycles. The van der Waals surface area contributed by atoms with E-state index in [0.29, 0.717) is 25.0 Å². The number of anilines is 1. The van der Waals surface area contributed by atoms with Crippen LogP contribution in [0.3, 0.4) is 0 Å². The number of nitrogens with zero attached hydrogens (tertiary/aromatic N) is 5. The minimum atomic E-state index is 0.0249. The number of aromatic nitrogens is 5. The summed E-state index contributed by atoms with van der Waals surface area (Å²) in [7, 11) is 0. The van der Waals surface area contributed by atoms with Gasteiger partial charge in [-0.1, -0.05) is 13.8 Å². The molecule has 0 radical (unpaired) electrons. The van der Waals surface area contributed by atoms with Crippen LogP contribution in [0.1, 0.15) is 38.9 Å². The van der Waals surface area contributed by atoms with Crippen LogP contribution >= 0.6 is 11.8 Å². The second-order valence-electron chi connectivity index (χ2n) is 6.85. The van der Waals surface area contributed by atoms with Crippen LogP contribution in [0.15, 0.2) is 22.1 Å². The van der Waals surface area contributed by atoms with E-state index >= 15 is 0 Å². The van der Waals surface area contributed by atoms with Crippen LogP contribution in [-0.2, 0) is 19.5 Å². The summed E-state index contributed by atoms with van der Waals surface area (Å²) in [6, 6.07) is 2.15. The number of rotatable bonds is 6. The molecular weight excluding hydrogens is 336 g/mol. The monoisotopic (exact) mass is 362 g/mol. The molecule has 136 valence electrons. The van der Waals surface area contributed by atoms with Gasteiger partial charge in [0.1, 0.15) is 10.9 Å². The van der Waals surface area contributed by atoms with Gasteiger partial charge in [0, 0.05) is 31.7 Å². The Kier molecular flexibility index (Phi) is 5.78. The summed E-state index contributed by atoms with van der Waals surface area (Å²) in [6.07, 6.45) is 7.34. The molecule has 25 heavy (non-hydrogen) atoms. The van der Waals surface area contributed by atoms with Crippen molar-refractivity contribution in [3.8, 4) is 0 Å². The Morgan fingerprint density at radius 2 is 2.24 bits per heavy atom. The van der Waals surface area contributed by atoms with E-state index in [9.17, 15) is 4.79 Å². The normalized spacial score (nSPS) is 17.4. The molecule has 3 heterocycles. The quantitative estimate of drug-likeness (QED) is 0.628. The Balaban J connectivity index is 1.65. The molecule has 1 atom stereocenters. The topological polar surface area (TPSA) is 77.6 Å². The zero-order chi connectivity index (χ0) is 17.8. The highest BCUT2D eigenvalue weighted by Gasteiger charge is 2.21. The van der Waals surface area contributed by atoms with Gasteiger partial charge in [0.15, 0.2) is 0 Å². The molecule has 0 bridgehead atoms. The molecule has 7 nitrogen and oxygen atoms in total. The first-order chi connectivity index (χ1) is 12.1. The third-order valence-corrected chi connectivity index (χ3v) is 5.15. The van der Waals surface area contributed by atoms with Crippen molar-refractivity contribution in [3.63, 3.8) is 0 Å². The lowest BCUT2D eigenvalue weighted by atomic mass is 10.1. The Morgan fingerprint density at radius 3 is 3.00 bits per heavy atom. The van der Waals surface area contributed by atoms with Gasteiger partial charge in [0.2, 0.25) is 5.95 Å². The van der Waals surface area contributed by atoms with E-state index in [2.05, 4.69) is 34.2 Å². The van der Waals surface area contributed by atoms with E-state index in [0.717, 1.165) is 36.5 Å². The van der Waals surface area contributed by atoms with Crippen molar-refractivity contribution in [2.75, 3.05) is 11.6 Å². The maximum absolute atomic E-state index is 12.5. The van der Waals surface area contributed by atoms with Crippen LogP contribution in [0.4, 0.5) is 5.95 Å². The minimum Gasteiger partial charge on any atom is -0.351 e. The van der Waals surface area contributed by atoms with E-state index in [-0.39, 0.29) is 11.7 Å². The van der Waals surface area contributed by atoms with Crippen LogP contribution < -0.4 is 11.0 Å². The van der Waals surface area contributed by atoms with Crippen LogP contribution in [-0.4, -0.2) is 36.6 Å². The Morgan fingerprint density at radius 1 is 1.40 bits per heavy atom. The third kappa shape index (κ3) is 4.42. The van der Waals surface area contributed by atoms with Crippen molar-refractivity contribution in [1.29, 1.82) is 0 Å². The molecule has 2 aromatic rings. The lowest BCUT2D eigenvalue weighted by molar-refractivity contribution is 0.466. The van der Waals surface area contributed by atoms with Crippen molar-refractivity contribution in [1.82, 2.24) is 24.3 Å². The lowest BCUT2D eigenvalue weighted by Crippen LogP contribution is -2.27. The fourth-order valence-electron chi connectivity index (χ4n) is 3.01. The molecule has 8 heteroatoms. The molecule has 1 unspecified atom stereocenters. The first kappa shape index (κ1) is 18.0. The number of thioether (sulfide) groups is 1. The number of hydrogen-bond acceptors (Lipinski definition) is 6. The van der Waals surface area contributed by atoms with Gasteiger partial charge in [-0.15, -0.1) is 11.8 Å². The fourth-order valence-corrected chi connectivity index (χ4v) is 3.38. The van der Waals surface area contributed by atoms with Crippen LogP contribution in [0.5, 0.6) is 0 Å². The highest BCUT2D eigenvalue weighted by molar-refractivity contribution is 7.98. The predicted octanol–water partition coefficient (Wildman–Crippen LogP) is 2.42. The number of fused-ring (bicyclic) bond motifs is 1. The summed E-state index contributed by atoms with van der Waals surface area (Å²) in [5.74, 6) is 2.13. The van der Waals surface area contributed by atoms with Crippen LogP contribution in [0, 0.1) is 5.92 Å². The van der Waals surface area contributed by atoms with Crippen molar-refractivity contribution in [3.05, 3.63) is 28.6 Å². The van der Waals surface area contributed by atoms with E-state index in [1.807, 2.05) is 16.9 Å². The van der Waals surface area contributed by atoms with E-state index in [1.165, 1.54) is 0 Å². The van der Waals surface area contributed by atoms with Gasteiger partial charge >= 0.3 is 5.69 Å². The first-order valence-electron chi connectivity index (χ1n) is 8.87. The molecule has 0 fully saturated rings. The summed E-state index contributed by atoms with van der Waals surface area (Å²) in [6.45, 7) is 5.72. The van der Waals surface area contributed by atoms with Gasteiger partial charge in [-0.2, -0.15) is 5.10 Å². The molecule has 3 rings (SSSR count). The smallest absolute Gasteiger partial charge is 0.345 e. The highest BCUT2D eigenvalue weighted by Crippen LogP contribution is 2.17. The summed E-state index contributed by atoms with van der Waals surface area (Å²) >= 11 is 1.60. The molecule has 1 aliphatic heterocycles. The highest BCUT2D eigenvalue weighted by atomic mass is 32.2. The Bertz CT molecular complexity index is 769. The zero-order valence-electron chi connectivity index (χ0n) is 15.1. The molecule has 0 spiro atoms. The average molecular weight is 363 g/mol. The molecule has 1 aliphatic rings. The molecule has 0 aromatic carbocycles. The summed E-state index contributed by atoms with van der Waals surface area (Å²) in [4.78, 5) is 21.3. The number of aryl methyl sites for hydroxylation is 2. The van der Waals surface area contributed by atoms with Crippen molar-refractivity contribution in [2.24, 2.45) is 5.92 Å². The van der Waals surface area contributed by atoms with Crippen molar-refractivity contribution >= 4 is 17.7 Å². The molecule has 0 saturated carbocycles. The molecule has 0 aliphatic carbocycles. The largest absolute Gasteiger partial charge is 0.351 e. The van der Waals surface area contributed by atoms with Gasteiger partial charge in [0.05, 0.1) is 0 Å². The Hall–Kier alpha value is -1.83. The van der Waals surface area contributed by atoms with Gasteiger partial charge in [0.25, 0.3) is 0 Å². The second kappa shape index (κ2) is 8.03. The van der Waals surface area contributed by atoms with Crippen molar-refractivity contribution < 1.29 is 0 Å². The maximum atomic E-state index is 12.5. The van der Waals surface area contributed by atoms with Gasteiger partial charge < -0.3 is 5.32 Å². The standard InChI is InChI=1S/C17H26N6OS/c1-12(2)7-11-23-17(24)22-10-8-13(4-5-14(22)21-23)19-16-18-9-6-15(20-16)25-3/h6,9,12-13H,4-5,7-8,10-11H2,1-3H3,(H,18,19,20). The van der Waals surface area contributed by atoms with Gasteiger partial charge in [-0.3, -0.25) is 4.57 Å². The number of nitrogens with one attached hydrogen (secondary N) is 1. The van der Waals surface area contributed by atoms with E-state index in [1.54, 1.807) is 22.6 Å². The zero-order valence-corrected chi connectivity index (χ0v) is 15.9.